The van der Waals surface area contributed by atoms with Crippen LogP contribution in [0.5, 0.6) is 0 Å². The molecule has 3 rings (SSSR count). The normalized spacial score (nSPS) is 19.7. The molecule has 1 saturated carbocycles. The number of nitrogens with zero attached hydrogens (tertiary/aromatic N) is 1. The second-order valence-electron chi connectivity index (χ2n) is 8.64. The summed E-state index contributed by atoms with van der Waals surface area (Å²) in [7, 11) is 0. The third kappa shape index (κ3) is 5.90. The van der Waals surface area contributed by atoms with Crippen LogP contribution in [-0.2, 0) is 12.8 Å². The predicted octanol–water partition coefficient (Wildman–Crippen LogP) is 7.77. The molecular formula is C26H36FN. The lowest BCUT2D eigenvalue weighted by Gasteiger charge is -2.28. The van der Waals surface area contributed by atoms with Gasteiger partial charge < -0.3 is 0 Å². The summed E-state index contributed by atoms with van der Waals surface area (Å²) < 4.78 is 14.6. The third-order valence-electron chi connectivity index (χ3n) is 6.57. The Hall–Kier alpha value is -1.70. The number of unbranched alkanes of at least 4 members (excludes halogenated alkanes) is 2. The Morgan fingerprint density at radius 1 is 0.893 bits per heavy atom. The van der Waals surface area contributed by atoms with Gasteiger partial charge in [-0.2, -0.15) is 0 Å². The molecule has 0 amide bonds. The van der Waals surface area contributed by atoms with Crippen molar-refractivity contribution in [2.75, 3.05) is 0 Å². The molecule has 1 aromatic heterocycles. The molecule has 1 heterocycles. The van der Waals surface area contributed by atoms with Crippen molar-refractivity contribution < 1.29 is 4.39 Å². The first-order valence-corrected chi connectivity index (χ1v) is 11.4. The molecule has 0 saturated heterocycles. The Morgan fingerprint density at radius 2 is 1.61 bits per heavy atom. The van der Waals surface area contributed by atoms with Crippen LogP contribution in [0, 0.1) is 17.7 Å². The van der Waals surface area contributed by atoms with Crippen LogP contribution in [0.3, 0.4) is 0 Å². The summed E-state index contributed by atoms with van der Waals surface area (Å²) in [5.41, 5.74) is 3.64. The van der Waals surface area contributed by atoms with Crippen molar-refractivity contribution in [1.29, 1.82) is 0 Å². The molecule has 2 aromatic rings. The minimum Gasteiger partial charge on any atom is -0.256 e. The maximum absolute atomic E-state index is 14.6. The van der Waals surface area contributed by atoms with Gasteiger partial charge in [-0.05, 0) is 60.4 Å². The van der Waals surface area contributed by atoms with Crippen molar-refractivity contribution in [3.63, 3.8) is 0 Å². The van der Waals surface area contributed by atoms with Gasteiger partial charge in [-0.1, -0.05) is 77.3 Å². The molecule has 0 aliphatic heterocycles. The smallest absolute Gasteiger partial charge is 0.132 e. The molecular weight excluding hydrogens is 345 g/mol. The summed E-state index contributed by atoms with van der Waals surface area (Å²) in [5.74, 6) is 1.65. The molecule has 1 aliphatic carbocycles. The minimum absolute atomic E-state index is 0.145. The topological polar surface area (TPSA) is 12.9 Å². The van der Waals surface area contributed by atoms with Gasteiger partial charge in [-0.3, -0.25) is 4.98 Å². The monoisotopic (exact) mass is 381 g/mol. The van der Waals surface area contributed by atoms with E-state index in [9.17, 15) is 4.39 Å². The summed E-state index contributed by atoms with van der Waals surface area (Å²) in [6.45, 7) is 4.38. The molecule has 0 N–H and O–H groups in total. The average molecular weight is 382 g/mol. The van der Waals surface area contributed by atoms with Gasteiger partial charge in [0.2, 0.25) is 0 Å². The van der Waals surface area contributed by atoms with Gasteiger partial charge in [0, 0.05) is 11.8 Å². The van der Waals surface area contributed by atoms with Crippen molar-refractivity contribution in [3.8, 4) is 11.3 Å². The van der Waals surface area contributed by atoms with Gasteiger partial charge in [0.1, 0.15) is 5.82 Å². The highest BCUT2D eigenvalue weighted by atomic mass is 19.1. The molecule has 1 aromatic carbocycles. The average Bonchev–Trinajstić information content (AvgIpc) is 2.73. The van der Waals surface area contributed by atoms with Gasteiger partial charge in [0.15, 0.2) is 0 Å². The fraction of sp³-hybridized carbons (Fsp3) is 0.577. The molecule has 152 valence electrons. The lowest BCUT2D eigenvalue weighted by atomic mass is 9.78. The highest BCUT2D eigenvalue weighted by molar-refractivity contribution is 5.60. The molecule has 28 heavy (non-hydrogen) atoms. The highest BCUT2D eigenvalue weighted by Crippen LogP contribution is 2.34. The third-order valence-corrected chi connectivity index (χ3v) is 6.57. The van der Waals surface area contributed by atoms with Crippen LogP contribution in [0.4, 0.5) is 4.39 Å². The first-order chi connectivity index (χ1) is 13.7. The number of rotatable bonds is 9. The number of aryl methyl sites for hydroxylation is 2. The van der Waals surface area contributed by atoms with Gasteiger partial charge in [-0.25, -0.2) is 4.39 Å². The van der Waals surface area contributed by atoms with E-state index in [2.05, 4.69) is 24.9 Å². The van der Waals surface area contributed by atoms with Crippen LogP contribution in [0.2, 0.25) is 0 Å². The van der Waals surface area contributed by atoms with Crippen molar-refractivity contribution >= 4 is 0 Å². The van der Waals surface area contributed by atoms with Crippen molar-refractivity contribution in [1.82, 2.24) is 4.98 Å². The van der Waals surface area contributed by atoms with Crippen molar-refractivity contribution in [2.24, 2.45) is 11.8 Å². The van der Waals surface area contributed by atoms with Gasteiger partial charge in [0.05, 0.1) is 5.69 Å². The van der Waals surface area contributed by atoms with E-state index in [0.717, 1.165) is 35.9 Å². The lowest BCUT2D eigenvalue weighted by Crippen LogP contribution is -2.15. The molecule has 1 aliphatic rings. The number of benzene rings is 1. The molecule has 1 nitrogen and oxygen atoms in total. The van der Waals surface area contributed by atoms with E-state index < -0.39 is 0 Å². The van der Waals surface area contributed by atoms with Gasteiger partial charge >= 0.3 is 0 Å². The summed E-state index contributed by atoms with van der Waals surface area (Å²) in [4.78, 5) is 4.42. The Balaban J connectivity index is 1.48. The molecule has 2 heteroatoms. The maximum Gasteiger partial charge on any atom is 0.132 e. The largest absolute Gasteiger partial charge is 0.256 e. The van der Waals surface area contributed by atoms with Crippen LogP contribution < -0.4 is 0 Å². The fourth-order valence-electron chi connectivity index (χ4n) is 4.58. The molecule has 0 bridgehead atoms. The highest BCUT2D eigenvalue weighted by Gasteiger charge is 2.20. The lowest BCUT2D eigenvalue weighted by molar-refractivity contribution is 0.249. The Morgan fingerprint density at radius 3 is 2.21 bits per heavy atom. The molecule has 1 fully saturated rings. The zero-order valence-electron chi connectivity index (χ0n) is 17.7. The van der Waals surface area contributed by atoms with E-state index in [-0.39, 0.29) is 5.82 Å². The Kier molecular flexibility index (Phi) is 8.06. The van der Waals surface area contributed by atoms with Gasteiger partial charge in [-0.15, -0.1) is 0 Å². The standard InChI is InChI=1S/C26H36FN/c1-3-5-6-7-21-8-10-22(11-9-21)12-13-23-14-16-24(25(27)18-23)26-17-15-20(4-2)19-28-26/h14-19,21-22H,3-13H2,1-2H3. The second kappa shape index (κ2) is 10.7. The summed E-state index contributed by atoms with van der Waals surface area (Å²) in [6.07, 6.45) is 16.1. The number of hydrogen-bond donors (Lipinski definition) is 0. The van der Waals surface area contributed by atoms with Crippen LogP contribution >= 0.6 is 0 Å². The van der Waals surface area contributed by atoms with E-state index in [1.54, 1.807) is 6.07 Å². The maximum atomic E-state index is 14.6. The Labute approximate surface area is 170 Å². The number of aromatic nitrogens is 1. The quantitative estimate of drug-likeness (QED) is 0.404. The van der Waals surface area contributed by atoms with Crippen LogP contribution in [-0.4, -0.2) is 4.98 Å². The van der Waals surface area contributed by atoms with Crippen molar-refractivity contribution in [2.45, 2.75) is 84.5 Å². The minimum atomic E-state index is -0.145. The SMILES string of the molecule is CCCCCC1CCC(CCc2ccc(-c3ccc(CC)cn3)c(F)c2)CC1. The summed E-state index contributed by atoms with van der Waals surface area (Å²) >= 11 is 0. The molecule has 0 unspecified atom stereocenters. The first kappa shape index (κ1) is 21.0. The van der Waals surface area contributed by atoms with Gasteiger partial charge in [0.25, 0.3) is 0 Å². The van der Waals surface area contributed by atoms with E-state index in [0.29, 0.717) is 5.56 Å². The van der Waals surface area contributed by atoms with Crippen LogP contribution in [0.1, 0.15) is 82.8 Å². The van der Waals surface area contributed by atoms with Crippen LogP contribution in [0.25, 0.3) is 11.3 Å². The molecule has 0 radical (unpaired) electrons. The summed E-state index contributed by atoms with van der Waals surface area (Å²) in [6, 6.07) is 9.68. The number of halogens is 1. The zero-order valence-corrected chi connectivity index (χ0v) is 17.7. The van der Waals surface area contributed by atoms with E-state index in [1.165, 1.54) is 63.4 Å². The van der Waals surface area contributed by atoms with E-state index in [1.807, 2.05) is 24.4 Å². The summed E-state index contributed by atoms with van der Waals surface area (Å²) in [5, 5.41) is 0. The Bertz CT molecular complexity index is 714. The molecule has 0 spiro atoms. The predicted molar refractivity (Wildman–Crippen MR) is 117 cm³/mol. The first-order valence-electron chi connectivity index (χ1n) is 11.4. The second-order valence-corrected chi connectivity index (χ2v) is 8.64. The van der Waals surface area contributed by atoms with E-state index >= 15 is 0 Å². The van der Waals surface area contributed by atoms with Crippen molar-refractivity contribution in [3.05, 3.63) is 53.5 Å². The van der Waals surface area contributed by atoms with E-state index in [4.69, 9.17) is 0 Å². The van der Waals surface area contributed by atoms with Crippen LogP contribution in [0.15, 0.2) is 36.5 Å². The molecule has 0 atom stereocenters. The number of hydrogen-bond acceptors (Lipinski definition) is 1. The number of pyridine rings is 1. The zero-order chi connectivity index (χ0) is 19.8. The fourth-order valence-corrected chi connectivity index (χ4v) is 4.58.